The molecule has 15 heavy (non-hydrogen) atoms. The quantitative estimate of drug-likeness (QED) is 0.462. The van der Waals surface area contributed by atoms with Gasteiger partial charge in [-0.25, -0.2) is 0 Å². The van der Waals surface area contributed by atoms with E-state index in [1.165, 1.54) is 18.2 Å². The Kier molecular flexibility index (Phi) is 3.41. The molecule has 2 N–H and O–H groups in total. The highest BCUT2D eigenvalue weighted by molar-refractivity contribution is 5.67. The summed E-state index contributed by atoms with van der Waals surface area (Å²) < 4.78 is 0. The third-order valence-corrected chi connectivity index (χ3v) is 1.79. The minimum atomic E-state index is -0.485. The Balaban J connectivity index is 3.01. The molecule has 0 atom stereocenters. The van der Waals surface area contributed by atoms with Crippen LogP contribution in [-0.4, -0.2) is 4.92 Å². The van der Waals surface area contributed by atoms with E-state index in [-0.39, 0.29) is 12.1 Å². The zero-order valence-electron chi connectivity index (χ0n) is 7.88. The second-order valence-electron chi connectivity index (χ2n) is 2.83. The molecule has 5 heteroatoms. The van der Waals surface area contributed by atoms with Crippen molar-refractivity contribution >= 4 is 17.5 Å². The van der Waals surface area contributed by atoms with Crippen molar-refractivity contribution in [3.8, 4) is 6.07 Å². The van der Waals surface area contributed by atoms with E-state index in [0.717, 1.165) is 0 Å². The molecule has 0 aliphatic carbocycles. The molecule has 1 aromatic rings. The van der Waals surface area contributed by atoms with E-state index in [0.29, 0.717) is 11.3 Å². The predicted molar refractivity (Wildman–Crippen MR) is 56.8 cm³/mol. The maximum Gasteiger partial charge on any atom is 0.270 e. The van der Waals surface area contributed by atoms with E-state index in [1.54, 1.807) is 12.2 Å². The van der Waals surface area contributed by atoms with Gasteiger partial charge in [0.2, 0.25) is 0 Å². The van der Waals surface area contributed by atoms with Gasteiger partial charge in [-0.15, -0.1) is 0 Å². The SMILES string of the molecule is N#CCC=Cc1cc([N+](=O)[O-])ccc1N. The Bertz CT molecular complexity index is 446. The van der Waals surface area contributed by atoms with Gasteiger partial charge in [0.25, 0.3) is 5.69 Å². The van der Waals surface area contributed by atoms with Crippen molar-refractivity contribution in [3.63, 3.8) is 0 Å². The van der Waals surface area contributed by atoms with Gasteiger partial charge in [0, 0.05) is 23.4 Å². The molecule has 0 aliphatic heterocycles. The molecule has 0 amide bonds. The monoisotopic (exact) mass is 203 g/mol. The molecule has 0 spiro atoms. The lowest BCUT2D eigenvalue weighted by atomic mass is 10.1. The lowest BCUT2D eigenvalue weighted by molar-refractivity contribution is -0.384. The van der Waals surface area contributed by atoms with E-state index in [4.69, 9.17) is 11.0 Å². The van der Waals surface area contributed by atoms with Gasteiger partial charge in [0.15, 0.2) is 0 Å². The normalized spacial score (nSPS) is 10.1. The number of hydrogen-bond acceptors (Lipinski definition) is 4. The van der Waals surface area contributed by atoms with Crippen molar-refractivity contribution in [1.29, 1.82) is 5.26 Å². The van der Waals surface area contributed by atoms with Crippen LogP contribution in [0.2, 0.25) is 0 Å². The lowest BCUT2D eigenvalue weighted by Gasteiger charge is -1.99. The summed E-state index contributed by atoms with van der Waals surface area (Å²) >= 11 is 0. The van der Waals surface area contributed by atoms with Gasteiger partial charge in [-0.3, -0.25) is 10.1 Å². The number of nitrogens with two attached hydrogens (primary N) is 1. The highest BCUT2D eigenvalue weighted by atomic mass is 16.6. The molecule has 1 aromatic carbocycles. The van der Waals surface area contributed by atoms with E-state index >= 15 is 0 Å². The summed E-state index contributed by atoms with van der Waals surface area (Å²) in [4.78, 5) is 10.00. The van der Waals surface area contributed by atoms with E-state index in [2.05, 4.69) is 0 Å². The summed E-state index contributed by atoms with van der Waals surface area (Å²) in [5.74, 6) is 0. The van der Waals surface area contributed by atoms with Gasteiger partial charge >= 0.3 is 0 Å². The van der Waals surface area contributed by atoms with Crippen LogP contribution in [0.3, 0.4) is 0 Å². The molecule has 0 unspecified atom stereocenters. The molecule has 0 aliphatic rings. The smallest absolute Gasteiger partial charge is 0.270 e. The Morgan fingerprint density at radius 1 is 1.60 bits per heavy atom. The van der Waals surface area contributed by atoms with E-state index in [1.807, 2.05) is 6.07 Å². The molecule has 76 valence electrons. The molecular formula is C10H9N3O2. The molecule has 1 rings (SSSR count). The number of nitro groups is 1. The number of non-ortho nitro benzene ring substituents is 1. The fourth-order valence-electron chi connectivity index (χ4n) is 1.06. The molecule has 0 bridgehead atoms. The van der Waals surface area contributed by atoms with Crippen LogP contribution in [0.5, 0.6) is 0 Å². The average Bonchev–Trinajstić information content (AvgIpc) is 2.20. The van der Waals surface area contributed by atoms with Gasteiger partial charge in [0.1, 0.15) is 0 Å². The average molecular weight is 203 g/mol. The van der Waals surface area contributed by atoms with E-state index in [9.17, 15) is 10.1 Å². The number of nitrogens with zero attached hydrogens (tertiary/aromatic N) is 2. The number of nitriles is 1. The topological polar surface area (TPSA) is 92.9 Å². The van der Waals surface area contributed by atoms with Crippen molar-refractivity contribution in [2.75, 3.05) is 5.73 Å². The van der Waals surface area contributed by atoms with Crippen LogP contribution in [-0.2, 0) is 0 Å². The summed E-state index contributed by atoms with van der Waals surface area (Å²) in [6.07, 6.45) is 3.46. The first-order chi connectivity index (χ1) is 7.15. The van der Waals surface area contributed by atoms with E-state index < -0.39 is 4.92 Å². The van der Waals surface area contributed by atoms with Gasteiger partial charge in [-0.05, 0) is 6.07 Å². The minimum absolute atomic E-state index is 0.0131. The zero-order valence-corrected chi connectivity index (χ0v) is 7.88. The van der Waals surface area contributed by atoms with Crippen LogP contribution in [0.15, 0.2) is 24.3 Å². The van der Waals surface area contributed by atoms with Crippen LogP contribution in [0, 0.1) is 21.4 Å². The molecule has 0 heterocycles. The van der Waals surface area contributed by atoms with Crippen molar-refractivity contribution in [2.45, 2.75) is 6.42 Å². The van der Waals surface area contributed by atoms with Gasteiger partial charge in [0.05, 0.1) is 17.4 Å². The summed E-state index contributed by atoms with van der Waals surface area (Å²) in [5, 5.41) is 18.8. The van der Waals surface area contributed by atoms with Crippen molar-refractivity contribution in [1.82, 2.24) is 0 Å². The summed E-state index contributed by atoms with van der Waals surface area (Å²) in [6, 6.07) is 6.13. The first kappa shape index (κ1) is 10.7. The maximum atomic E-state index is 10.5. The number of benzene rings is 1. The fraction of sp³-hybridized carbons (Fsp3) is 0.100. The highest BCUT2D eigenvalue weighted by Crippen LogP contribution is 2.20. The van der Waals surface area contributed by atoms with Crippen molar-refractivity contribution < 1.29 is 4.92 Å². The molecule has 0 saturated carbocycles. The first-order valence-corrected chi connectivity index (χ1v) is 4.22. The number of rotatable bonds is 3. The van der Waals surface area contributed by atoms with Crippen LogP contribution in [0.4, 0.5) is 11.4 Å². The zero-order chi connectivity index (χ0) is 11.3. The molecular weight excluding hydrogens is 194 g/mol. The largest absolute Gasteiger partial charge is 0.398 e. The Labute approximate surface area is 86.6 Å². The molecule has 5 nitrogen and oxygen atoms in total. The fourth-order valence-corrected chi connectivity index (χ4v) is 1.06. The summed E-state index contributed by atoms with van der Waals surface area (Å²) in [6.45, 7) is 0. The third kappa shape index (κ3) is 2.81. The number of hydrogen-bond donors (Lipinski definition) is 1. The van der Waals surface area contributed by atoms with Gasteiger partial charge in [-0.1, -0.05) is 12.2 Å². The summed E-state index contributed by atoms with van der Waals surface area (Å²) in [7, 11) is 0. The van der Waals surface area contributed by atoms with Crippen LogP contribution >= 0.6 is 0 Å². The molecule has 0 radical (unpaired) electrons. The van der Waals surface area contributed by atoms with Crippen molar-refractivity contribution in [2.24, 2.45) is 0 Å². The molecule has 0 aromatic heterocycles. The summed E-state index contributed by atoms with van der Waals surface area (Å²) in [5.41, 5.74) is 6.61. The predicted octanol–water partition coefficient (Wildman–Crippen LogP) is 2.10. The van der Waals surface area contributed by atoms with Crippen LogP contribution in [0.25, 0.3) is 6.08 Å². The maximum absolute atomic E-state index is 10.5. The van der Waals surface area contributed by atoms with Crippen LogP contribution in [0.1, 0.15) is 12.0 Å². The number of nitrogen functional groups attached to an aromatic ring is 1. The lowest BCUT2D eigenvalue weighted by Crippen LogP contribution is -1.93. The minimum Gasteiger partial charge on any atom is -0.398 e. The first-order valence-electron chi connectivity index (χ1n) is 4.22. The van der Waals surface area contributed by atoms with Crippen LogP contribution < -0.4 is 5.73 Å². The number of nitro benzene ring substituents is 1. The molecule has 0 fully saturated rings. The number of allylic oxidation sites excluding steroid dienone is 1. The second kappa shape index (κ2) is 4.77. The second-order valence-corrected chi connectivity index (χ2v) is 2.83. The Morgan fingerprint density at radius 3 is 2.93 bits per heavy atom. The van der Waals surface area contributed by atoms with Crippen molar-refractivity contribution in [3.05, 3.63) is 40.0 Å². The Morgan fingerprint density at radius 2 is 2.33 bits per heavy atom. The molecule has 0 saturated heterocycles. The van der Waals surface area contributed by atoms with Gasteiger partial charge < -0.3 is 5.73 Å². The standard InChI is InChI=1S/C10H9N3O2/c11-6-2-1-3-8-7-9(13(14)15)4-5-10(8)12/h1,3-5,7H,2,12H2. The Hall–Kier alpha value is -2.35. The van der Waals surface area contributed by atoms with Gasteiger partial charge in [-0.2, -0.15) is 5.26 Å². The number of anilines is 1. The third-order valence-electron chi connectivity index (χ3n) is 1.79. The highest BCUT2D eigenvalue weighted by Gasteiger charge is 2.06.